The van der Waals surface area contributed by atoms with Crippen molar-refractivity contribution >= 4 is 22.5 Å². The summed E-state index contributed by atoms with van der Waals surface area (Å²) in [6.45, 7) is 1.86. The van der Waals surface area contributed by atoms with Crippen LogP contribution in [0.15, 0.2) is 59.1 Å². The van der Waals surface area contributed by atoms with Crippen LogP contribution in [-0.4, -0.2) is 21.1 Å². The van der Waals surface area contributed by atoms with Gasteiger partial charge in [0.2, 0.25) is 0 Å². The maximum atomic E-state index is 12.5. The van der Waals surface area contributed by atoms with Crippen molar-refractivity contribution in [3.8, 4) is 11.5 Å². The van der Waals surface area contributed by atoms with E-state index in [9.17, 15) is 4.79 Å². The minimum atomic E-state index is -0.307. The molecule has 2 N–H and O–H groups in total. The quantitative estimate of drug-likeness (QED) is 0.602. The van der Waals surface area contributed by atoms with E-state index in [-0.39, 0.29) is 11.6 Å². The van der Waals surface area contributed by atoms with Crippen LogP contribution in [-0.2, 0) is 0 Å². The van der Waals surface area contributed by atoms with Crippen LogP contribution in [0.3, 0.4) is 0 Å². The largest absolute Gasteiger partial charge is 0.460 e. The van der Waals surface area contributed by atoms with Crippen molar-refractivity contribution in [1.82, 2.24) is 15.2 Å². The third-order valence-corrected chi connectivity index (χ3v) is 3.70. The number of H-pyrrole nitrogens is 1. The molecule has 0 unspecified atom stereocenters. The maximum Gasteiger partial charge on any atom is 0.276 e. The number of carbonyl (C=O) groups excluding carboxylic acids is 1. The summed E-state index contributed by atoms with van der Waals surface area (Å²) in [5.74, 6) is 1.14. The molecule has 118 valence electrons. The molecule has 24 heavy (non-hydrogen) atoms. The van der Waals surface area contributed by atoms with E-state index in [4.69, 9.17) is 4.42 Å². The van der Waals surface area contributed by atoms with E-state index < -0.39 is 0 Å². The number of rotatable bonds is 3. The molecule has 1 amide bonds. The zero-order valence-electron chi connectivity index (χ0n) is 12.9. The Hall–Kier alpha value is -3.41. The molecule has 0 radical (unpaired) electrons. The van der Waals surface area contributed by atoms with Crippen molar-refractivity contribution < 1.29 is 9.21 Å². The molecular weight excluding hydrogens is 304 g/mol. The second-order valence-electron chi connectivity index (χ2n) is 5.41. The van der Waals surface area contributed by atoms with Gasteiger partial charge in [-0.1, -0.05) is 18.2 Å². The van der Waals surface area contributed by atoms with E-state index in [1.807, 2.05) is 49.4 Å². The third kappa shape index (κ3) is 2.54. The Morgan fingerprint density at radius 2 is 2.04 bits per heavy atom. The lowest BCUT2D eigenvalue weighted by atomic mass is 10.2. The summed E-state index contributed by atoms with van der Waals surface area (Å²) in [5.41, 5.74) is 2.33. The standard InChI is InChI=1S/C18H14N4O2/c1-11-7-8-16(24-11)14-10-15(22-21-14)18(23)20-13-6-2-4-12-5-3-9-19-17(12)13/h2-10H,1H3,(H,20,23)(H,21,22). The monoisotopic (exact) mass is 318 g/mol. The summed E-state index contributed by atoms with van der Waals surface area (Å²) in [4.78, 5) is 16.8. The number of hydrogen-bond acceptors (Lipinski definition) is 4. The van der Waals surface area contributed by atoms with Gasteiger partial charge in [-0.15, -0.1) is 0 Å². The number of nitrogens with one attached hydrogen (secondary N) is 2. The average molecular weight is 318 g/mol. The summed E-state index contributed by atoms with van der Waals surface area (Å²) in [6, 6.07) is 14.8. The topological polar surface area (TPSA) is 83.8 Å². The molecule has 0 spiro atoms. The number of fused-ring (bicyclic) bond motifs is 1. The number of aromatic nitrogens is 3. The first-order valence-corrected chi connectivity index (χ1v) is 7.48. The lowest BCUT2D eigenvalue weighted by Crippen LogP contribution is -2.12. The first-order chi connectivity index (χ1) is 11.7. The Labute approximate surface area is 137 Å². The normalized spacial score (nSPS) is 10.9. The molecule has 0 saturated carbocycles. The lowest BCUT2D eigenvalue weighted by molar-refractivity contribution is 0.102. The van der Waals surface area contributed by atoms with E-state index in [1.165, 1.54) is 0 Å². The van der Waals surface area contributed by atoms with E-state index in [0.29, 0.717) is 17.1 Å². The number of para-hydroxylation sites is 1. The Morgan fingerprint density at radius 3 is 2.88 bits per heavy atom. The van der Waals surface area contributed by atoms with Gasteiger partial charge in [-0.3, -0.25) is 14.9 Å². The number of furan rings is 1. The molecule has 0 aliphatic carbocycles. The van der Waals surface area contributed by atoms with Gasteiger partial charge in [-0.05, 0) is 31.2 Å². The maximum absolute atomic E-state index is 12.5. The second kappa shape index (κ2) is 5.66. The molecule has 0 saturated heterocycles. The van der Waals surface area contributed by atoms with Crippen LogP contribution in [0.2, 0.25) is 0 Å². The van der Waals surface area contributed by atoms with Crippen molar-refractivity contribution in [3.05, 3.63) is 66.2 Å². The van der Waals surface area contributed by atoms with Gasteiger partial charge < -0.3 is 9.73 Å². The van der Waals surface area contributed by atoms with Gasteiger partial charge in [0.25, 0.3) is 5.91 Å². The number of nitrogens with zero attached hydrogens (tertiary/aromatic N) is 2. The summed E-state index contributed by atoms with van der Waals surface area (Å²) >= 11 is 0. The molecule has 3 heterocycles. The van der Waals surface area contributed by atoms with Crippen molar-refractivity contribution in [2.45, 2.75) is 6.92 Å². The van der Waals surface area contributed by atoms with Crippen LogP contribution < -0.4 is 5.32 Å². The molecule has 1 aromatic carbocycles. The van der Waals surface area contributed by atoms with Crippen LogP contribution in [0.25, 0.3) is 22.4 Å². The van der Waals surface area contributed by atoms with E-state index in [2.05, 4.69) is 20.5 Å². The predicted octanol–water partition coefficient (Wildman–Crippen LogP) is 3.78. The molecule has 6 heteroatoms. The minimum absolute atomic E-state index is 0.284. The van der Waals surface area contributed by atoms with E-state index >= 15 is 0 Å². The Bertz CT molecular complexity index is 1030. The first kappa shape index (κ1) is 14.2. The van der Waals surface area contributed by atoms with Gasteiger partial charge in [-0.2, -0.15) is 5.10 Å². The second-order valence-corrected chi connectivity index (χ2v) is 5.41. The third-order valence-electron chi connectivity index (χ3n) is 3.70. The Morgan fingerprint density at radius 1 is 1.17 bits per heavy atom. The molecule has 6 nitrogen and oxygen atoms in total. The number of aromatic amines is 1. The molecule has 0 aliphatic heterocycles. The number of carbonyl (C=O) groups is 1. The van der Waals surface area contributed by atoms with Gasteiger partial charge in [0.05, 0.1) is 11.2 Å². The Kier molecular flexibility index (Phi) is 3.35. The summed E-state index contributed by atoms with van der Waals surface area (Å²) < 4.78 is 5.53. The van der Waals surface area contributed by atoms with Gasteiger partial charge >= 0.3 is 0 Å². The van der Waals surface area contributed by atoms with Crippen molar-refractivity contribution in [1.29, 1.82) is 0 Å². The highest BCUT2D eigenvalue weighted by Gasteiger charge is 2.14. The highest BCUT2D eigenvalue weighted by atomic mass is 16.3. The summed E-state index contributed by atoms with van der Waals surface area (Å²) in [7, 11) is 0. The molecule has 0 fully saturated rings. The predicted molar refractivity (Wildman–Crippen MR) is 90.7 cm³/mol. The fraction of sp³-hybridized carbons (Fsp3) is 0.0556. The molecule has 4 rings (SSSR count). The van der Waals surface area contributed by atoms with Crippen molar-refractivity contribution in [2.24, 2.45) is 0 Å². The molecule has 3 aromatic heterocycles. The van der Waals surface area contributed by atoms with Gasteiger partial charge in [0, 0.05) is 17.6 Å². The van der Waals surface area contributed by atoms with Crippen molar-refractivity contribution in [3.63, 3.8) is 0 Å². The number of benzene rings is 1. The number of amides is 1. The molecule has 0 aliphatic rings. The smallest absolute Gasteiger partial charge is 0.276 e. The van der Waals surface area contributed by atoms with E-state index in [1.54, 1.807) is 12.3 Å². The SMILES string of the molecule is Cc1ccc(-c2cc(C(=O)Nc3cccc4cccnc34)n[nH]2)o1. The number of aryl methyl sites for hydroxylation is 1. The zero-order valence-corrected chi connectivity index (χ0v) is 12.9. The average Bonchev–Trinajstić information content (AvgIpc) is 3.24. The highest BCUT2D eigenvalue weighted by molar-refractivity contribution is 6.07. The molecule has 4 aromatic rings. The molecule has 0 bridgehead atoms. The number of anilines is 1. The van der Waals surface area contributed by atoms with Gasteiger partial charge in [-0.25, -0.2) is 0 Å². The molecule has 0 atom stereocenters. The minimum Gasteiger partial charge on any atom is -0.460 e. The van der Waals surface area contributed by atoms with Crippen LogP contribution in [0, 0.1) is 6.92 Å². The van der Waals surface area contributed by atoms with Crippen molar-refractivity contribution in [2.75, 3.05) is 5.32 Å². The lowest BCUT2D eigenvalue weighted by Gasteiger charge is -2.06. The van der Waals surface area contributed by atoms with Crippen LogP contribution in [0.4, 0.5) is 5.69 Å². The zero-order chi connectivity index (χ0) is 16.5. The summed E-state index contributed by atoms with van der Waals surface area (Å²) in [5, 5.41) is 10.7. The van der Waals surface area contributed by atoms with E-state index in [0.717, 1.165) is 16.7 Å². The fourth-order valence-electron chi connectivity index (χ4n) is 2.53. The van der Waals surface area contributed by atoms with Crippen LogP contribution in [0.5, 0.6) is 0 Å². The summed E-state index contributed by atoms with van der Waals surface area (Å²) in [6.07, 6.45) is 1.70. The van der Waals surface area contributed by atoms with Crippen LogP contribution in [0.1, 0.15) is 16.2 Å². The van der Waals surface area contributed by atoms with Gasteiger partial charge in [0.1, 0.15) is 11.5 Å². The number of pyridine rings is 1. The Balaban J connectivity index is 1.61. The first-order valence-electron chi connectivity index (χ1n) is 7.48. The van der Waals surface area contributed by atoms with Crippen LogP contribution >= 0.6 is 0 Å². The van der Waals surface area contributed by atoms with Gasteiger partial charge in [0.15, 0.2) is 11.5 Å². The molecular formula is C18H14N4O2. The fourth-order valence-corrected chi connectivity index (χ4v) is 2.53. The highest BCUT2D eigenvalue weighted by Crippen LogP contribution is 2.23. The number of hydrogen-bond donors (Lipinski definition) is 2.